The van der Waals surface area contributed by atoms with Crippen LogP contribution in [-0.2, 0) is 4.79 Å². The lowest BCUT2D eigenvalue weighted by atomic mass is 9.96. The summed E-state index contributed by atoms with van der Waals surface area (Å²) in [6, 6.07) is 5.91. The van der Waals surface area contributed by atoms with Crippen molar-refractivity contribution in [3.8, 4) is 11.5 Å². The summed E-state index contributed by atoms with van der Waals surface area (Å²) in [6.07, 6.45) is 1.61. The first-order valence-corrected chi connectivity index (χ1v) is 7.42. The van der Waals surface area contributed by atoms with Gasteiger partial charge < -0.3 is 14.6 Å². The fourth-order valence-electron chi connectivity index (χ4n) is 3.33. The molecule has 3 rings (SSSR count). The minimum atomic E-state index is -0.785. The van der Waals surface area contributed by atoms with Crippen LogP contribution in [0.25, 0.3) is 0 Å². The van der Waals surface area contributed by atoms with Crippen LogP contribution < -0.4 is 9.47 Å². The van der Waals surface area contributed by atoms with Crippen molar-refractivity contribution >= 4 is 5.97 Å². The topological polar surface area (TPSA) is 59.0 Å². The van der Waals surface area contributed by atoms with Gasteiger partial charge in [0.1, 0.15) is 18.8 Å². The first-order chi connectivity index (χ1) is 10.0. The Balaban J connectivity index is 1.88. The highest BCUT2D eigenvalue weighted by atomic mass is 16.6. The second-order valence-electron chi connectivity index (χ2n) is 5.96. The van der Waals surface area contributed by atoms with Crippen LogP contribution >= 0.6 is 0 Å². The van der Waals surface area contributed by atoms with Gasteiger partial charge in [0.2, 0.25) is 0 Å². The second kappa shape index (κ2) is 5.22. The molecule has 0 spiro atoms. The number of hydrogen-bond donors (Lipinski definition) is 1. The molecule has 0 bridgehead atoms. The van der Waals surface area contributed by atoms with Crippen molar-refractivity contribution in [1.29, 1.82) is 0 Å². The highest BCUT2D eigenvalue weighted by molar-refractivity contribution is 5.78. The van der Waals surface area contributed by atoms with E-state index in [9.17, 15) is 9.90 Å². The van der Waals surface area contributed by atoms with Gasteiger partial charge in [-0.05, 0) is 50.9 Å². The summed E-state index contributed by atoms with van der Waals surface area (Å²) in [6.45, 7) is 5.81. The van der Waals surface area contributed by atoms with Gasteiger partial charge in [-0.1, -0.05) is 6.07 Å². The van der Waals surface area contributed by atoms with Crippen LogP contribution in [0.5, 0.6) is 11.5 Å². The van der Waals surface area contributed by atoms with Crippen LogP contribution in [0.15, 0.2) is 18.2 Å². The van der Waals surface area contributed by atoms with Crippen LogP contribution in [0, 0.1) is 0 Å². The summed E-state index contributed by atoms with van der Waals surface area (Å²) in [5.41, 5.74) is 0.278. The molecule has 1 aromatic carbocycles. The van der Waals surface area contributed by atoms with E-state index in [2.05, 4.69) is 11.8 Å². The molecule has 2 heterocycles. The van der Waals surface area contributed by atoms with Crippen LogP contribution in [0.1, 0.15) is 38.3 Å². The van der Waals surface area contributed by atoms with Crippen molar-refractivity contribution in [3.05, 3.63) is 23.8 Å². The number of likely N-dealkylation sites (tertiary alicyclic amines) is 1. The van der Waals surface area contributed by atoms with Gasteiger partial charge in [0, 0.05) is 6.04 Å². The van der Waals surface area contributed by atoms with Gasteiger partial charge in [0.15, 0.2) is 11.5 Å². The van der Waals surface area contributed by atoms with Crippen LogP contribution in [0.3, 0.4) is 0 Å². The first-order valence-electron chi connectivity index (χ1n) is 7.42. The molecule has 2 aliphatic heterocycles. The van der Waals surface area contributed by atoms with Crippen molar-refractivity contribution < 1.29 is 19.4 Å². The van der Waals surface area contributed by atoms with E-state index in [1.54, 1.807) is 0 Å². The van der Waals surface area contributed by atoms with E-state index >= 15 is 0 Å². The number of benzene rings is 1. The Hall–Kier alpha value is -1.75. The Bertz CT molecular complexity index is 559. The number of carbonyl (C=O) groups is 1. The summed E-state index contributed by atoms with van der Waals surface area (Å²) in [7, 11) is 0. The summed E-state index contributed by atoms with van der Waals surface area (Å²) in [5, 5.41) is 9.54. The Morgan fingerprint density at radius 1 is 1.33 bits per heavy atom. The molecule has 0 aromatic heterocycles. The maximum Gasteiger partial charge on any atom is 0.323 e. The molecule has 1 N–H and O–H groups in total. The quantitative estimate of drug-likeness (QED) is 0.927. The molecule has 5 nitrogen and oxygen atoms in total. The van der Waals surface area contributed by atoms with Crippen LogP contribution in [-0.4, -0.2) is 41.3 Å². The highest BCUT2D eigenvalue weighted by Crippen LogP contribution is 2.39. The zero-order valence-electron chi connectivity index (χ0n) is 12.5. The highest BCUT2D eigenvalue weighted by Gasteiger charge is 2.45. The van der Waals surface area contributed by atoms with Crippen molar-refractivity contribution in [2.75, 3.05) is 19.8 Å². The Kier molecular flexibility index (Phi) is 3.53. The zero-order chi connectivity index (χ0) is 15.0. The van der Waals surface area contributed by atoms with E-state index in [0.717, 1.165) is 30.0 Å². The number of rotatable bonds is 3. The normalized spacial score (nSPS) is 26.6. The number of carboxylic acids is 1. The van der Waals surface area contributed by atoms with E-state index in [4.69, 9.17) is 9.47 Å². The molecule has 21 heavy (non-hydrogen) atoms. The lowest BCUT2D eigenvalue weighted by Gasteiger charge is -2.36. The molecule has 1 saturated heterocycles. The van der Waals surface area contributed by atoms with Crippen molar-refractivity contribution in [1.82, 2.24) is 4.90 Å². The smallest absolute Gasteiger partial charge is 0.323 e. The summed E-state index contributed by atoms with van der Waals surface area (Å²) in [4.78, 5) is 13.7. The fourth-order valence-corrected chi connectivity index (χ4v) is 3.33. The van der Waals surface area contributed by atoms with Crippen molar-refractivity contribution in [3.63, 3.8) is 0 Å². The van der Waals surface area contributed by atoms with Crippen LogP contribution in [0.4, 0.5) is 0 Å². The number of aliphatic carboxylic acids is 1. The zero-order valence-corrected chi connectivity index (χ0v) is 12.5. The molecule has 0 saturated carbocycles. The average Bonchev–Trinajstić information content (AvgIpc) is 2.89. The Morgan fingerprint density at radius 2 is 2.05 bits per heavy atom. The standard InChI is InChI=1S/C16H21NO4/c1-11(17-7-3-6-16(17,2)15(18)19)12-4-5-13-14(10-12)21-9-8-20-13/h4-5,10-11H,3,6-9H2,1-2H3,(H,18,19). The van der Waals surface area contributed by atoms with Crippen LogP contribution in [0.2, 0.25) is 0 Å². The third kappa shape index (κ3) is 2.35. The van der Waals surface area contributed by atoms with Gasteiger partial charge in [-0.3, -0.25) is 9.69 Å². The van der Waals surface area contributed by atoms with E-state index in [-0.39, 0.29) is 6.04 Å². The minimum Gasteiger partial charge on any atom is -0.486 e. The third-order valence-electron chi connectivity index (χ3n) is 4.67. The molecule has 0 aliphatic carbocycles. The van der Waals surface area contributed by atoms with E-state index in [1.807, 2.05) is 25.1 Å². The minimum absolute atomic E-state index is 0.0319. The van der Waals surface area contributed by atoms with Gasteiger partial charge in [-0.15, -0.1) is 0 Å². The molecular formula is C16H21NO4. The molecule has 0 radical (unpaired) electrons. The van der Waals surface area contributed by atoms with Gasteiger partial charge in [0.05, 0.1) is 0 Å². The molecule has 1 aromatic rings. The van der Waals surface area contributed by atoms with Crippen molar-refractivity contribution in [2.24, 2.45) is 0 Å². The van der Waals surface area contributed by atoms with Gasteiger partial charge >= 0.3 is 5.97 Å². The molecule has 2 aliphatic rings. The van der Waals surface area contributed by atoms with E-state index < -0.39 is 11.5 Å². The summed E-state index contributed by atoms with van der Waals surface area (Å²) >= 11 is 0. The average molecular weight is 291 g/mol. The van der Waals surface area contributed by atoms with Gasteiger partial charge in [-0.2, -0.15) is 0 Å². The SMILES string of the molecule is CC(c1ccc2c(c1)OCCO2)N1CCCC1(C)C(=O)O. The van der Waals surface area contributed by atoms with Gasteiger partial charge in [0.25, 0.3) is 0 Å². The molecule has 114 valence electrons. The maximum atomic E-state index is 11.6. The molecule has 2 unspecified atom stereocenters. The molecule has 1 fully saturated rings. The summed E-state index contributed by atoms with van der Waals surface area (Å²) in [5.74, 6) is 0.769. The van der Waals surface area contributed by atoms with Crippen molar-refractivity contribution in [2.45, 2.75) is 38.3 Å². The largest absolute Gasteiger partial charge is 0.486 e. The molecule has 2 atom stereocenters. The predicted molar refractivity (Wildman–Crippen MR) is 77.8 cm³/mol. The monoisotopic (exact) mass is 291 g/mol. The predicted octanol–water partition coefficient (Wildman–Crippen LogP) is 2.46. The number of carboxylic acid groups (broad SMARTS) is 1. The summed E-state index contributed by atoms with van der Waals surface area (Å²) < 4.78 is 11.1. The number of ether oxygens (including phenoxy) is 2. The number of nitrogens with zero attached hydrogens (tertiary/aromatic N) is 1. The van der Waals surface area contributed by atoms with Gasteiger partial charge in [-0.25, -0.2) is 0 Å². The number of fused-ring (bicyclic) bond motifs is 1. The molecule has 0 amide bonds. The second-order valence-corrected chi connectivity index (χ2v) is 5.96. The fraction of sp³-hybridized carbons (Fsp3) is 0.562. The van der Waals surface area contributed by atoms with E-state index in [0.29, 0.717) is 19.6 Å². The Labute approximate surface area is 124 Å². The molecular weight excluding hydrogens is 270 g/mol. The lowest BCUT2D eigenvalue weighted by Crippen LogP contribution is -2.48. The Morgan fingerprint density at radius 3 is 2.76 bits per heavy atom. The third-order valence-corrected chi connectivity index (χ3v) is 4.67. The number of hydrogen-bond acceptors (Lipinski definition) is 4. The first kappa shape index (κ1) is 14.2. The lowest BCUT2D eigenvalue weighted by molar-refractivity contribution is -0.149. The van der Waals surface area contributed by atoms with E-state index in [1.165, 1.54) is 0 Å². The maximum absolute atomic E-state index is 11.6. The molecule has 5 heteroatoms.